The van der Waals surface area contributed by atoms with Crippen molar-refractivity contribution in [2.24, 2.45) is 7.05 Å². The Hall–Kier alpha value is -1.62. The van der Waals surface area contributed by atoms with Crippen LogP contribution >= 0.6 is 0 Å². The summed E-state index contributed by atoms with van der Waals surface area (Å²) >= 11 is 0. The van der Waals surface area contributed by atoms with Crippen molar-refractivity contribution in [3.63, 3.8) is 0 Å². The first-order valence-electron chi connectivity index (χ1n) is 5.47. The van der Waals surface area contributed by atoms with E-state index >= 15 is 0 Å². The van der Waals surface area contributed by atoms with Crippen LogP contribution in [0, 0.1) is 0 Å². The number of nitrogens with one attached hydrogen (secondary N) is 1. The van der Waals surface area contributed by atoms with Gasteiger partial charge in [-0.05, 0) is 6.54 Å². The van der Waals surface area contributed by atoms with Crippen molar-refractivity contribution >= 4 is 0 Å². The Kier molecular flexibility index (Phi) is 3.36. The number of nitrogens with zero attached hydrogens (tertiary/aromatic N) is 4. The predicted molar refractivity (Wildman–Crippen MR) is 61.9 cm³/mol. The van der Waals surface area contributed by atoms with E-state index in [2.05, 4.69) is 33.0 Å². The topological polar surface area (TPSA) is 47.7 Å². The molecule has 0 aliphatic rings. The smallest absolute Gasteiger partial charge is 0.128 e. The van der Waals surface area contributed by atoms with E-state index in [0.29, 0.717) is 0 Å². The van der Waals surface area contributed by atoms with Crippen molar-refractivity contribution < 1.29 is 0 Å². The highest BCUT2D eigenvalue weighted by Crippen LogP contribution is 2.01. The van der Waals surface area contributed by atoms with Gasteiger partial charge in [0, 0.05) is 32.2 Å². The molecule has 0 atom stereocenters. The summed E-state index contributed by atoms with van der Waals surface area (Å²) in [5.74, 6) is 1.03. The van der Waals surface area contributed by atoms with Crippen LogP contribution in [0.5, 0.6) is 0 Å². The van der Waals surface area contributed by atoms with Gasteiger partial charge in [0.15, 0.2) is 0 Å². The average molecular weight is 219 g/mol. The first-order chi connectivity index (χ1) is 7.79. The third-order valence-electron chi connectivity index (χ3n) is 2.49. The highest BCUT2D eigenvalue weighted by Gasteiger charge is 2.02. The predicted octanol–water partition coefficient (Wildman–Crippen LogP) is 0.774. The molecule has 2 heterocycles. The minimum atomic E-state index is 0.766. The maximum Gasteiger partial charge on any atom is 0.128 e. The molecule has 0 saturated heterocycles. The van der Waals surface area contributed by atoms with Gasteiger partial charge in [0.25, 0.3) is 0 Å². The Labute approximate surface area is 95.1 Å². The van der Waals surface area contributed by atoms with Gasteiger partial charge >= 0.3 is 0 Å². The highest BCUT2D eigenvalue weighted by atomic mass is 15.1. The molecule has 0 saturated carbocycles. The lowest BCUT2D eigenvalue weighted by molar-refractivity contribution is 0.693. The Morgan fingerprint density at radius 2 is 2.25 bits per heavy atom. The zero-order chi connectivity index (χ0) is 11.4. The lowest BCUT2D eigenvalue weighted by Gasteiger charge is -2.02. The van der Waals surface area contributed by atoms with Crippen LogP contribution in [0.2, 0.25) is 0 Å². The van der Waals surface area contributed by atoms with Gasteiger partial charge < -0.3 is 14.5 Å². The van der Waals surface area contributed by atoms with E-state index in [1.807, 2.05) is 30.3 Å². The SMILES string of the molecule is CCNCc1cn(Cc2nccn2C)cn1. The number of aromatic nitrogens is 4. The van der Waals surface area contributed by atoms with E-state index in [1.165, 1.54) is 0 Å². The number of hydrogen-bond acceptors (Lipinski definition) is 3. The van der Waals surface area contributed by atoms with Crippen LogP contribution < -0.4 is 5.32 Å². The fourth-order valence-electron chi connectivity index (χ4n) is 1.55. The standard InChI is InChI=1S/C11H17N5/c1-3-12-6-10-7-16(9-14-10)8-11-13-4-5-15(11)2/h4-5,7,9,12H,3,6,8H2,1-2H3. The van der Waals surface area contributed by atoms with E-state index < -0.39 is 0 Å². The molecule has 0 radical (unpaired) electrons. The van der Waals surface area contributed by atoms with Gasteiger partial charge in [0.1, 0.15) is 5.82 Å². The molecule has 2 rings (SSSR count). The van der Waals surface area contributed by atoms with Crippen molar-refractivity contribution in [3.8, 4) is 0 Å². The molecule has 16 heavy (non-hydrogen) atoms. The van der Waals surface area contributed by atoms with Crippen LogP contribution in [0.3, 0.4) is 0 Å². The molecular formula is C11H17N5. The molecule has 0 aromatic carbocycles. The normalized spacial score (nSPS) is 10.9. The van der Waals surface area contributed by atoms with Crippen LogP contribution in [-0.2, 0) is 20.1 Å². The summed E-state index contributed by atoms with van der Waals surface area (Å²) in [7, 11) is 2.00. The lowest BCUT2D eigenvalue weighted by Crippen LogP contribution is -2.11. The van der Waals surface area contributed by atoms with Crippen molar-refractivity contribution in [2.45, 2.75) is 20.0 Å². The van der Waals surface area contributed by atoms with E-state index in [-0.39, 0.29) is 0 Å². The minimum absolute atomic E-state index is 0.766. The second-order valence-electron chi connectivity index (χ2n) is 3.77. The van der Waals surface area contributed by atoms with E-state index in [4.69, 9.17) is 0 Å². The molecule has 0 aliphatic heterocycles. The third-order valence-corrected chi connectivity index (χ3v) is 2.49. The van der Waals surface area contributed by atoms with E-state index in [1.54, 1.807) is 0 Å². The molecule has 1 N–H and O–H groups in total. The second-order valence-corrected chi connectivity index (χ2v) is 3.77. The Bertz CT molecular complexity index is 443. The molecule has 0 fully saturated rings. The summed E-state index contributed by atoms with van der Waals surface area (Å²) in [5, 5.41) is 3.25. The Balaban J connectivity index is 2.00. The molecule has 0 bridgehead atoms. The number of rotatable bonds is 5. The van der Waals surface area contributed by atoms with Gasteiger partial charge in [0.2, 0.25) is 0 Å². The first-order valence-corrected chi connectivity index (χ1v) is 5.47. The summed E-state index contributed by atoms with van der Waals surface area (Å²) in [5.41, 5.74) is 1.07. The summed E-state index contributed by atoms with van der Waals surface area (Å²) in [6, 6.07) is 0. The first kappa shape index (κ1) is 10.9. The van der Waals surface area contributed by atoms with Crippen molar-refractivity contribution in [1.82, 2.24) is 24.4 Å². The fourth-order valence-corrected chi connectivity index (χ4v) is 1.55. The van der Waals surface area contributed by atoms with Gasteiger partial charge in [-0.2, -0.15) is 0 Å². The molecule has 5 nitrogen and oxygen atoms in total. The van der Waals surface area contributed by atoms with Gasteiger partial charge in [-0.3, -0.25) is 0 Å². The average Bonchev–Trinajstić information content (AvgIpc) is 2.87. The van der Waals surface area contributed by atoms with E-state index in [9.17, 15) is 0 Å². The molecule has 0 spiro atoms. The van der Waals surface area contributed by atoms with Crippen molar-refractivity contribution in [2.75, 3.05) is 6.54 Å². The zero-order valence-electron chi connectivity index (χ0n) is 9.72. The maximum absolute atomic E-state index is 4.33. The molecule has 2 aromatic rings. The summed E-state index contributed by atoms with van der Waals surface area (Å²) < 4.78 is 4.07. The highest BCUT2D eigenvalue weighted by molar-refractivity contribution is 4.99. The lowest BCUT2D eigenvalue weighted by atomic mass is 10.4. The molecule has 86 valence electrons. The largest absolute Gasteiger partial charge is 0.337 e. The van der Waals surface area contributed by atoms with Gasteiger partial charge in [-0.15, -0.1) is 0 Å². The fraction of sp³-hybridized carbons (Fsp3) is 0.455. The van der Waals surface area contributed by atoms with Gasteiger partial charge in [-0.25, -0.2) is 9.97 Å². The van der Waals surface area contributed by atoms with Crippen LogP contribution in [0.25, 0.3) is 0 Å². The minimum Gasteiger partial charge on any atom is -0.337 e. The monoisotopic (exact) mass is 219 g/mol. The third kappa shape index (κ3) is 2.49. The van der Waals surface area contributed by atoms with Gasteiger partial charge in [-0.1, -0.05) is 6.92 Å². The number of imidazole rings is 2. The van der Waals surface area contributed by atoms with Crippen molar-refractivity contribution in [1.29, 1.82) is 0 Å². The van der Waals surface area contributed by atoms with Crippen LogP contribution in [0.1, 0.15) is 18.4 Å². The van der Waals surface area contributed by atoms with Crippen LogP contribution in [-0.4, -0.2) is 25.6 Å². The molecule has 0 unspecified atom stereocenters. The summed E-state index contributed by atoms with van der Waals surface area (Å²) in [6.07, 6.45) is 7.66. The summed E-state index contributed by atoms with van der Waals surface area (Å²) in [6.45, 7) is 4.64. The Morgan fingerprint density at radius 3 is 2.94 bits per heavy atom. The van der Waals surface area contributed by atoms with Crippen molar-refractivity contribution in [3.05, 3.63) is 36.4 Å². The Morgan fingerprint density at radius 1 is 1.38 bits per heavy atom. The maximum atomic E-state index is 4.33. The van der Waals surface area contributed by atoms with Crippen LogP contribution in [0.4, 0.5) is 0 Å². The number of aryl methyl sites for hydroxylation is 1. The zero-order valence-corrected chi connectivity index (χ0v) is 9.72. The second kappa shape index (κ2) is 4.94. The van der Waals surface area contributed by atoms with Crippen LogP contribution in [0.15, 0.2) is 24.9 Å². The summed E-state index contributed by atoms with van der Waals surface area (Å²) in [4.78, 5) is 8.61. The molecule has 2 aromatic heterocycles. The van der Waals surface area contributed by atoms with Gasteiger partial charge in [0.05, 0.1) is 18.6 Å². The molecule has 0 amide bonds. The van der Waals surface area contributed by atoms with E-state index in [0.717, 1.165) is 31.2 Å². The molecular weight excluding hydrogens is 202 g/mol. The quantitative estimate of drug-likeness (QED) is 0.808. The number of hydrogen-bond donors (Lipinski definition) is 1. The molecule has 0 aliphatic carbocycles. The molecule has 5 heteroatoms.